The van der Waals surface area contributed by atoms with Crippen LogP contribution >= 0.6 is 11.6 Å². The summed E-state index contributed by atoms with van der Waals surface area (Å²) in [6.07, 6.45) is 3.52. The standard InChI is InChI=1S/C12H15ClFNO/c13-8-5-9(14)7-10(6-8)15-11-3-1-2-4-12(11)16/h5-7,11-12,15-16H,1-4H2/t11-,12-/m1/s1. The lowest BCUT2D eigenvalue weighted by Gasteiger charge is -2.29. The molecule has 1 aromatic carbocycles. The molecule has 1 aliphatic carbocycles. The highest BCUT2D eigenvalue weighted by atomic mass is 35.5. The Morgan fingerprint density at radius 1 is 1.25 bits per heavy atom. The van der Waals surface area contributed by atoms with Crippen molar-refractivity contribution >= 4 is 17.3 Å². The van der Waals surface area contributed by atoms with Crippen LogP contribution in [0.5, 0.6) is 0 Å². The lowest BCUT2D eigenvalue weighted by atomic mass is 9.92. The molecule has 0 amide bonds. The molecule has 0 spiro atoms. The van der Waals surface area contributed by atoms with Crippen LogP contribution in [0, 0.1) is 5.82 Å². The van der Waals surface area contributed by atoms with Gasteiger partial charge >= 0.3 is 0 Å². The van der Waals surface area contributed by atoms with Gasteiger partial charge in [-0.1, -0.05) is 24.4 Å². The second kappa shape index (κ2) is 5.02. The van der Waals surface area contributed by atoms with E-state index < -0.39 is 0 Å². The first-order chi connectivity index (χ1) is 7.65. The summed E-state index contributed by atoms with van der Waals surface area (Å²) in [5, 5.41) is 13.3. The fraction of sp³-hybridized carbons (Fsp3) is 0.500. The number of nitrogens with one attached hydrogen (secondary N) is 1. The van der Waals surface area contributed by atoms with Gasteiger partial charge in [0.15, 0.2) is 0 Å². The van der Waals surface area contributed by atoms with Gasteiger partial charge in [-0.15, -0.1) is 0 Å². The second-order valence-electron chi connectivity index (χ2n) is 4.26. The summed E-state index contributed by atoms with van der Waals surface area (Å²) in [6, 6.07) is 4.34. The van der Waals surface area contributed by atoms with Crippen molar-refractivity contribution in [3.63, 3.8) is 0 Å². The van der Waals surface area contributed by atoms with E-state index in [1.165, 1.54) is 12.1 Å². The van der Waals surface area contributed by atoms with Gasteiger partial charge in [0.2, 0.25) is 0 Å². The fourth-order valence-corrected chi connectivity index (χ4v) is 2.35. The van der Waals surface area contributed by atoms with E-state index in [0.29, 0.717) is 10.7 Å². The summed E-state index contributed by atoms with van der Waals surface area (Å²) in [6.45, 7) is 0. The zero-order valence-electron chi connectivity index (χ0n) is 8.92. The molecule has 0 saturated heterocycles. The van der Waals surface area contributed by atoms with E-state index >= 15 is 0 Å². The summed E-state index contributed by atoms with van der Waals surface area (Å²) in [5.74, 6) is -0.361. The summed E-state index contributed by atoms with van der Waals surface area (Å²) < 4.78 is 13.1. The third-order valence-electron chi connectivity index (χ3n) is 2.94. The minimum atomic E-state index is -0.361. The number of halogens is 2. The van der Waals surface area contributed by atoms with Crippen LogP contribution in [0.25, 0.3) is 0 Å². The van der Waals surface area contributed by atoms with Crippen LogP contribution < -0.4 is 5.32 Å². The number of rotatable bonds is 2. The lowest BCUT2D eigenvalue weighted by molar-refractivity contribution is 0.116. The summed E-state index contributed by atoms with van der Waals surface area (Å²) in [5.41, 5.74) is 0.635. The predicted molar refractivity (Wildman–Crippen MR) is 63.3 cm³/mol. The van der Waals surface area contributed by atoms with Gasteiger partial charge < -0.3 is 10.4 Å². The number of hydrogen-bond donors (Lipinski definition) is 2. The fourth-order valence-electron chi connectivity index (χ4n) is 2.13. The topological polar surface area (TPSA) is 32.3 Å². The molecule has 2 nitrogen and oxygen atoms in total. The molecule has 0 bridgehead atoms. The second-order valence-corrected chi connectivity index (χ2v) is 4.70. The van der Waals surface area contributed by atoms with Gasteiger partial charge in [-0.25, -0.2) is 4.39 Å². The minimum absolute atomic E-state index is 0.00613. The van der Waals surface area contributed by atoms with Crippen LogP contribution in [0.2, 0.25) is 5.02 Å². The Hall–Kier alpha value is -0.800. The number of benzene rings is 1. The molecule has 2 N–H and O–H groups in total. The lowest BCUT2D eigenvalue weighted by Crippen LogP contribution is -2.36. The van der Waals surface area contributed by atoms with E-state index in [1.54, 1.807) is 6.07 Å². The number of anilines is 1. The molecule has 0 radical (unpaired) electrons. The smallest absolute Gasteiger partial charge is 0.126 e. The highest BCUT2D eigenvalue weighted by molar-refractivity contribution is 6.30. The van der Waals surface area contributed by atoms with Gasteiger partial charge in [-0.2, -0.15) is 0 Å². The van der Waals surface area contributed by atoms with Crippen molar-refractivity contribution < 1.29 is 9.50 Å². The van der Waals surface area contributed by atoms with Crippen LogP contribution in [0.4, 0.5) is 10.1 Å². The molecule has 16 heavy (non-hydrogen) atoms. The molecule has 0 aromatic heterocycles. The zero-order chi connectivity index (χ0) is 11.5. The molecule has 1 fully saturated rings. The van der Waals surface area contributed by atoms with Crippen LogP contribution in [-0.4, -0.2) is 17.3 Å². The monoisotopic (exact) mass is 243 g/mol. The van der Waals surface area contributed by atoms with E-state index in [9.17, 15) is 9.50 Å². The Bertz CT molecular complexity index is 352. The van der Waals surface area contributed by atoms with E-state index in [2.05, 4.69) is 5.32 Å². The van der Waals surface area contributed by atoms with Crippen molar-refractivity contribution in [2.24, 2.45) is 0 Å². The molecule has 2 rings (SSSR count). The Balaban J connectivity index is 2.07. The van der Waals surface area contributed by atoms with Gasteiger partial charge in [-0.3, -0.25) is 0 Å². The maximum Gasteiger partial charge on any atom is 0.126 e. The first-order valence-electron chi connectivity index (χ1n) is 5.56. The molecule has 4 heteroatoms. The van der Waals surface area contributed by atoms with Crippen molar-refractivity contribution in [1.29, 1.82) is 0 Å². The normalized spacial score (nSPS) is 25.4. The molecule has 88 valence electrons. The quantitative estimate of drug-likeness (QED) is 0.836. The van der Waals surface area contributed by atoms with E-state index in [-0.39, 0.29) is 18.0 Å². The molecule has 2 atom stereocenters. The van der Waals surface area contributed by atoms with Gasteiger partial charge in [0.05, 0.1) is 12.1 Å². The van der Waals surface area contributed by atoms with Crippen molar-refractivity contribution in [2.75, 3.05) is 5.32 Å². The molecular formula is C12H15ClFNO. The third-order valence-corrected chi connectivity index (χ3v) is 3.16. The van der Waals surface area contributed by atoms with Crippen molar-refractivity contribution in [2.45, 2.75) is 37.8 Å². The molecule has 1 aromatic rings. The van der Waals surface area contributed by atoms with Gasteiger partial charge in [0.1, 0.15) is 5.82 Å². The SMILES string of the molecule is O[C@@H]1CCCC[C@H]1Nc1cc(F)cc(Cl)c1. The van der Waals surface area contributed by atoms with Gasteiger partial charge in [0.25, 0.3) is 0 Å². The first-order valence-corrected chi connectivity index (χ1v) is 5.93. The first kappa shape index (κ1) is 11.7. The van der Waals surface area contributed by atoms with Gasteiger partial charge in [0, 0.05) is 10.7 Å². The number of hydrogen-bond acceptors (Lipinski definition) is 2. The maximum atomic E-state index is 13.1. The summed E-state index contributed by atoms with van der Waals surface area (Å²) >= 11 is 5.76. The highest BCUT2D eigenvalue weighted by Gasteiger charge is 2.22. The number of aliphatic hydroxyl groups is 1. The molecule has 0 heterocycles. The van der Waals surface area contributed by atoms with Crippen LogP contribution in [-0.2, 0) is 0 Å². The van der Waals surface area contributed by atoms with E-state index in [4.69, 9.17) is 11.6 Å². The highest BCUT2D eigenvalue weighted by Crippen LogP contribution is 2.24. The molecular weight excluding hydrogens is 229 g/mol. The van der Waals surface area contributed by atoms with Crippen LogP contribution in [0.15, 0.2) is 18.2 Å². The summed E-state index contributed by atoms with van der Waals surface area (Å²) in [4.78, 5) is 0. The Kier molecular flexibility index (Phi) is 3.66. The largest absolute Gasteiger partial charge is 0.391 e. The van der Waals surface area contributed by atoms with E-state index in [0.717, 1.165) is 25.7 Å². The summed E-state index contributed by atoms with van der Waals surface area (Å²) in [7, 11) is 0. The van der Waals surface area contributed by atoms with Crippen molar-refractivity contribution in [3.05, 3.63) is 29.0 Å². The van der Waals surface area contributed by atoms with Crippen LogP contribution in [0.1, 0.15) is 25.7 Å². The molecule has 1 aliphatic rings. The van der Waals surface area contributed by atoms with E-state index in [1.807, 2.05) is 0 Å². The van der Waals surface area contributed by atoms with Crippen LogP contribution in [0.3, 0.4) is 0 Å². The average molecular weight is 244 g/mol. The molecule has 1 saturated carbocycles. The van der Waals surface area contributed by atoms with Crippen molar-refractivity contribution in [3.8, 4) is 0 Å². The van der Waals surface area contributed by atoms with Crippen molar-refractivity contribution in [1.82, 2.24) is 0 Å². The predicted octanol–water partition coefficient (Wildman–Crippen LogP) is 3.19. The number of aliphatic hydroxyl groups excluding tert-OH is 1. The molecule has 0 aliphatic heterocycles. The average Bonchev–Trinajstić information content (AvgIpc) is 2.20. The minimum Gasteiger partial charge on any atom is -0.391 e. The Labute approximate surface area is 99.4 Å². The maximum absolute atomic E-state index is 13.1. The Morgan fingerprint density at radius 3 is 2.69 bits per heavy atom. The third kappa shape index (κ3) is 2.86. The van der Waals surface area contributed by atoms with Gasteiger partial charge in [-0.05, 0) is 31.0 Å². The zero-order valence-corrected chi connectivity index (χ0v) is 9.67. The Morgan fingerprint density at radius 2 is 2.00 bits per heavy atom. The molecule has 0 unspecified atom stereocenters.